The molecule has 98 valence electrons. The molecule has 0 atom stereocenters. The molecular weight excluding hydrogens is 262 g/mol. The minimum atomic E-state index is 0.589. The molecular formula is C12H13N5OS. The molecule has 19 heavy (non-hydrogen) atoms. The van der Waals surface area contributed by atoms with Crippen LogP contribution in [0.15, 0.2) is 33.0 Å². The van der Waals surface area contributed by atoms with E-state index in [4.69, 9.17) is 4.42 Å². The SMILES string of the molecule is CCNc1nc(Sc2ccoc2C)c2[nH]cnc2n1. The third-order valence-corrected chi connectivity index (χ3v) is 3.74. The van der Waals surface area contributed by atoms with Crippen LogP contribution in [0.2, 0.25) is 0 Å². The van der Waals surface area contributed by atoms with Gasteiger partial charge in [0, 0.05) is 6.54 Å². The number of H-pyrrole nitrogens is 1. The number of furan rings is 1. The highest BCUT2D eigenvalue weighted by atomic mass is 32.2. The van der Waals surface area contributed by atoms with Crippen molar-refractivity contribution in [2.75, 3.05) is 11.9 Å². The van der Waals surface area contributed by atoms with E-state index in [1.165, 1.54) is 11.8 Å². The van der Waals surface area contributed by atoms with Crippen molar-refractivity contribution in [3.05, 3.63) is 24.4 Å². The summed E-state index contributed by atoms with van der Waals surface area (Å²) < 4.78 is 5.30. The Kier molecular flexibility index (Phi) is 3.12. The predicted octanol–water partition coefficient (Wildman–Crippen LogP) is 2.84. The Bertz CT molecular complexity index is 705. The van der Waals surface area contributed by atoms with Crippen molar-refractivity contribution in [2.45, 2.75) is 23.8 Å². The molecule has 0 saturated heterocycles. The van der Waals surface area contributed by atoms with Crippen molar-refractivity contribution < 1.29 is 4.42 Å². The summed E-state index contributed by atoms with van der Waals surface area (Å²) in [4.78, 5) is 17.1. The van der Waals surface area contributed by atoms with Gasteiger partial charge in [-0.1, -0.05) is 11.8 Å². The fourth-order valence-corrected chi connectivity index (χ4v) is 2.61. The normalized spacial score (nSPS) is 11.1. The summed E-state index contributed by atoms with van der Waals surface area (Å²) in [7, 11) is 0. The molecule has 2 N–H and O–H groups in total. The number of rotatable bonds is 4. The van der Waals surface area contributed by atoms with Crippen molar-refractivity contribution in [3.8, 4) is 0 Å². The van der Waals surface area contributed by atoms with Crippen molar-refractivity contribution in [2.24, 2.45) is 0 Å². The summed E-state index contributed by atoms with van der Waals surface area (Å²) in [6, 6.07) is 1.93. The summed E-state index contributed by atoms with van der Waals surface area (Å²) in [6.45, 7) is 4.70. The first-order valence-electron chi connectivity index (χ1n) is 5.95. The Morgan fingerprint density at radius 3 is 3.05 bits per heavy atom. The van der Waals surface area contributed by atoms with Gasteiger partial charge in [-0.15, -0.1) is 0 Å². The highest BCUT2D eigenvalue weighted by Gasteiger charge is 2.13. The van der Waals surface area contributed by atoms with Crippen LogP contribution in [0, 0.1) is 6.92 Å². The van der Waals surface area contributed by atoms with Crippen LogP contribution in [-0.4, -0.2) is 26.5 Å². The standard InChI is InChI=1S/C12H13N5OS/c1-3-13-12-16-10-9(14-6-15-10)11(17-12)19-8-4-5-18-7(8)2/h4-6H,3H2,1-2H3,(H2,13,14,15,16,17). The van der Waals surface area contributed by atoms with Gasteiger partial charge < -0.3 is 14.7 Å². The number of anilines is 1. The molecule has 0 bridgehead atoms. The van der Waals surface area contributed by atoms with E-state index in [2.05, 4.69) is 25.3 Å². The number of aryl methyl sites for hydroxylation is 1. The van der Waals surface area contributed by atoms with Gasteiger partial charge in [0.25, 0.3) is 0 Å². The van der Waals surface area contributed by atoms with Crippen LogP contribution in [0.5, 0.6) is 0 Å². The van der Waals surface area contributed by atoms with Crippen molar-refractivity contribution in [1.29, 1.82) is 0 Å². The summed E-state index contributed by atoms with van der Waals surface area (Å²) in [6.07, 6.45) is 3.30. The number of fused-ring (bicyclic) bond motifs is 1. The Balaban J connectivity index is 2.05. The van der Waals surface area contributed by atoms with Gasteiger partial charge in [-0.3, -0.25) is 0 Å². The quantitative estimate of drug-likeness (QED) is 0.713. The molecule has 0 aliphatic carbocycles. The molecule has 7 heteroatoms. The molecule has 3 aromatic heterocycles. The third-order valence-electron chi connectivity index (χ3n) is 2.61. The largest absolute Gasteiger partial charge is 0.468 e. The van der Waals surface area contributed by atoms with E-state index in [9.17, 15) is 0 Å². The fraction of sp³-hybridized carbons (Fsp3) is 0.250. The van der Waals surface area contributed by atoms with E-state index < -0.39 is 0 Å². The van der Waals surface area contributed by atoms with Gasteiger partial charge in [0.05, 0.1) is 17.5 Å². The number of aromatic amines is 1. The number of nitrogens with one attached hydrogen (secondary N) is 2. The molecule has 0 spiro atoms. The van der Waals surface area contributed by atoms with Crippen molar-refractivity contribution >= 4 is 28.9 Å². The minimum absolute atomic E-state index is 0.589. The number of imidazole rings is 1. The van der Waals surface area contributed by atoms with Gasteiger partial charge in [-0.05, 0) is 19.9 Å². The van der Waals surface area contributed by atoms with E-state index in [1.807, 2.05) is 19.9 Å². The lowest BCUT2D eigenvalue weighted by Crippen LogP contribution is -2.03. The average Bonchev–Trinajstić information content (AvgIpc) is 3.00. The number of nitrogens with zero attached hydrogens (tertiary/aromatic N) is 3. The Labute approximate surface area is 114 Å². The lowest BCUT2D eigenvalue weighted by atomic mass is 10.5. The monoisotopic (exact) mass is 275 g/mol. The zero-order valence-corrected chi connectivity index (χ0v) is 11.4. The lowest BCUT2D eigenvalue weighted by molar-refractivity contribution is 0.527. The fourth-order valence-electron chi connectivity index (χ4n) is 1.70. The van der Waals surface area contributed by atoms with Gasteiger partial charge >= 0.3 is 0 Å². The summed E-state index contributed by atoms with van der Waals surface area (Å²) in [5.74, 6) is 1.46. The van der Waals surface area contributed by atoms with Crippen molar-refractivity contribution in [1.82, 2.24) is 19.9 Å². The molecule has 0 aliphatic rings. The highest BCUT2D eigenvalue weighted by molar-refractivity contribution is 7.99. The van der Waals surface area contributed by atoms with Gasteiger partial charge in [-0.25, -0.2) is 9.97 Å². The van der Waals surface area contributed by atoms with Crippen LogP contribution >= 0.6 is 11.8 Å². The van der Waals surface area contributed by atoms with Crippen LogP contribution < -0.4 is 5.32 Å². The molecule has 0 aliphatic heterocycles. The molecule has 0 fully saturated rings. The molecule has 6 nitrogen and oxygen atoms in total. The van der Waals surface area contributed by atoms with Crippen molar-refractivity contribution in [3.63, 3.8) is 0 Å². The van der Waals surface area contributed by atoms with E-state index >= 15 is 0 Å². The maximum Gasteiger partial charge on any atom is 0.225 e. The second kappa shape index (κ2) is 4.93. The zero-order valence-electron chi connectivity index (χ0n) is 10.6. The molecule has 0 aromatic carbocycles. The van der Waals surface area contributed by atoms with E-state index in [1.54, 1.807) is 12.6 Å². The van der Waals surface area contributed by atoms with Crippen LogP contribution in [0.25, 0.3) is 11.2 Å². The van der Waals surface area contributed by atoms with Crippen LogP contribution in [-0.2, 0) is 0 Å². The molecule has 0 unspecified atom stereocenters. The second-order valence-corrected chi connectivity index (χ2v) is 4.96. The average molecular weight is 275 g/mol. The molecule has 0 radical (unpaired) electrons. The van der Waals surface area contributed by atoms with Gasteiger partial charge in [0.1, 0.15) is 16.3 Å². The maximum absolute atomic E-state index is 5.30. The summed E-state index contributed by atoms with van der Waals surface area (Å²) in [5.41, 5.74) is 1.50. The number of hydrogen-bond donors (Lipinski definition) is 2. The molecule has 3 rings (SSSR count). The number of hydrogen-bond acceptors (Lipinski definition) is 6. The van der Waals surface area contributed by atoms with E-state index in [0.29, 0.717) is 11.6 Å². The van der Waals surface area contributed by atoms with E-state index in [0.717, 1.165) is 27.7 Å². The molecule has 0 saturated carbocycles. The zero-order chi connectivity index (χ0) is 13.2. The topological polar surface area (TPSA) is 79.6 Å². The smallest absolute Gasteiger partial charge is 0.225 e. The third kappa shape index (κ3) is 2.28. The maximum atomic E-state index is 5.30. The highest BCUT2D eigenvalue weighted by Crippen LogP contribution is 2.33. The van der Waals surface area contributed by atoms with E-state index in [-0.39, 0.29) is 0 Å². The Morgan fingerprint density at radius 1 is 1.42 bits per heavy atom. The minimum Gasteiger partial charge on any atom is -0.468 e. The van der Waals surface area contributed by atoms with Gasteiger partial charge in [-0.2, -0.15) is 4.98 Å². The summed E-state index contributed by atoms with van der Waals surface area (Å²) >= 11 is 1.54. The first-order chi connectivity index (χ1) is 9.28. The molecule has 3 heterocycles. The van der Waals surface area contributed by atoms with Crippen LogP contribution in [0.1, 0.15) is 12.7 Å². The Morgan fingerprint density at radius 2 is 2.32 bits per heavy atom. The second-order valence-electron chi connectivity index (χ2n) is 3.93. The lowest BCUT2D eigenvalue weighted by Gasteiger charge is -2.05. The molecule has 3 aromatic rings. The first-order valence-corrected chi connectivity index (χ1v) is 6.76. The number of aromatic nitrogens is 4. The van der Waals surface area contributed by atoms with Crippen LogP contribution in [0.4, 0.5) is 5.95 Å². The predicted molar refractivity (Wildman–Crippen MR) is 73.4 cm³/mol. The summed E-state index contributed by atoms with van der Waals surface area (Å²) in [5, 5.41) is 3.95. The molecule has 0 amide bonds. The van der Waals surface area contributed by atoms with Gasteiger partial charge in [0.15, 0.2) is 5.65 Å². The van der Waals surface area contributed by atoms with Crippen LogP contribution in [0.3, 0.4) is 0 Å². The Hall–Kier alpha value is -2.02. The van der Waals surface area contributed by atoms with Gasteiger partial charge in [0.2, 0.25) is 5.95 Å². The first kappa shape index (κ1) is 12.0.